The molecule has 168 valence electrons. The number of nitrogens with one attached hydrogen (secondary N) is 1. The van der Waals surface area contributed by atoms with Crippen LogP contribution in [-0.2, 0) is 9.53 Å². The molecule has 3 aliphatic rings. The van der Waals surface area contributed by atoms with E-state index >= 15 is 0 Å². The van der Waals surface area contributed by atoms with Gasteiger partial charge in [-0.2, -0.15) is 0 Å². The summed E-state index contributed by atoms with van der Waals surface area (Å²) < 4.78 is 4.99. The lowest BCUT2D eigenvalue weighted by Gasteiger charge is -2.51. The Bertz CT molecular complexity index is 1300. The average Bonchev–Trinajstić information content (AvgIpc) is 3.27. The second-order valence-corrected chi connectivity index (χ2v) is 9.48. The number of rotatable bonds is 5. The van der Waals surface area contributed by atoms with Crippen LogP contribution in [0.2, 0.25) is 0 Å². The molecule has 6 rings (SSSR count). The highest BCUT2D eigenvalue weighted by Gasteiger charge is 2.54. The fraction of sp³-hybridized carbons (Fsp3) is 0.280. The normalized spacial score (nSPS) is 22.2. The van der Waals surface area contributed by atoms with Gasteiger partial charge in [-0.3, -0.25) is 9.59 Å². The molecule has 2 amide bonds. The van der Waals surface area contributed by atoms with Crippen molar-refractivity contribution in [2.24, 2.45) is 11.1 Å². The Kier molecular flexibility index (Phi) is 5.05. The highest BCUT2D eigenvalue weighted by atomic mass is 32.1. The van der Waals surface area contributed by atoms with Crippen molar-refractivity contribution in [1.82, 2.24) is 4.98 Å². The number of carbonyl (C=O) groups is 3. The van der Waals surface area contributed by atoms with E-state index in [4.69, 9.17) is 10.5 Å². The van der Waals surface area contributed by atoms with E-state index < -0.39 is 17.3 Å². The van der Waals surface area contributed by atoms with Crippen molar-refractivity contribution in [3.05, 3.63) is 81.4 Å². The lowest BCUT2D eigenvalue weighted by atomic mass is 9.52. The van der Waals surface area contributed by atoms with Crippen molar-refractivity contribution >= 4 is 34.3 Å². The quantitative estimate of drug-likeness (QED) is 0.557. The lowest BCUT2D eigenvalue weighted by molar-refractivity contribution is -0.126. The summed E-state index contributed by atoms with van der Waals surface area (Å²) in [6, 6.07) is 13.7. The van der Waals surface area contributed by atoms with Gasteiger partial charge in [0, 0.05) is 22.8 Å². The summed E-state index contributed by atoms with van der Waals surface area (Å²) in [6.07, 6.45) is 0.536. The Hall–Kier alpha value is -3.52. The van der Waals surface area contributed by atoms with Crippen LogP contribution in [0.15, 0.2) is 47.8 Å². The number of nitrogens with zero attached hydrogens (tertiary/aromatic N) is 1. The van der Waals surface area contributed by atoms with Crippen molar-refractivity contribution in [2.75, 3.05) is 11.9 Å². The SMILES string of the molecule is CCOC(=O)c1csc(NC(=O)C2(C)CC3c4ccccc4C2c2cccc(C(N)=O)c23)n1. The highest BCUT2D eigenvalue weighted by molar-refractivity contribution is 7.14. The van der Waals surface area contributed by atoms with Crippen molar-refractivity contribution in [3.8, 4) is 0 Å². The Morgan fingerprint density at radius 1 is 1.15 bits per heavy atom. The molecule has 0 fully saturated rings. The first kappa shape index (κ1) is 21.3. The van der Waals surface area contributed by atoms with E-state index in [9.17, 15) is 14.4 Å². The van der Waals surface area contributed by atoms with E-state index in [0.717, 1.165) is 22.3 Å². The van der Waals surface area contributed by atoms with Crippen LogP contribution in [0, 0.1) is 5.41 Å². The first-order valence-electron chi connectivity index (χ1n) is 10.8. The standard InChI is InChI=1S/C25H23N3O4S/c1-3-32-22(30)18-12-33-24(27-18)28-23(31)25(2)11-17-13-7-4-5-8-14(13)20(25)15-9-6-10-16(19(15)17)21(26)29/h4-10,12,17,20H,3,11H2,1-2H3,(H2,26,29)(H,27,28,31). The fourth-order valence-electron chi connectivity index (χ4n) is 5.39. The number of nitrogens with two attached hydrogens (primary N) is 1. The third kappa shape index (κ3) is 3.24. The molecule has 3 aromatic rings. The molecule has 3 unspecified atom stereocenters. The summed E-state index contributed by atoms with van der Waals surface area (Å²) in [4.78, 5) is 42.0. The lowest BCUT2D eigenvalue weighted by Crippen LogP contribution is -2.47. The van der Waals surface area contributed by atoms with Crippen LogP contribution >= 0.6 is 11.3 Å². The number of hydrogen-bond donors (Lipinski definition) is 2. The summed E-state index contributed by atoms with van der Waals surface area (Å²) in [5.41, 5.74) is 9.73. The Balaban J connectivity index is 1.55. The van der Waals surface area contributed by atoms with Crippen LogP contribution in [0.5, 0.6) is 0 Å². The maximum absolute atomic E-state index is 13.7. The fourth-order valence-corrected chi connectivity index (χ4v) is 6.06. The van der Waals surface area contributed by atoms with Crippen molar-refractivity contribution in [1.29, 1.82) is 0 Å². The summed E-state index contributed by atoms with van der Waals surface area (Å²) in [5, 5.41) is 4.85. The number of aromatic nitrogens is 1. The number of ether oxygens (including phenoxy) is 1. The third-order valence-corrected chi connectivity index (χ3v) is 7.50. The van der Waals surface area contributed by atoms with Gasteiger partial charge in [0.15, 0.2) is 10.8 Å². The Morgan fingerprint density at radius 3 is 2.61 bits per heavy atom. The molecular weight excluding hydrogens is 438 g/mol. The number of hydrogen-bond acceptors (Lipinski definition) is 6. The number of primary amides is 1. The van der Waals surface area contributed by atoms with Gasteiger partial charge >= 0.3 is 5.97 Å². The van der Waals surface area contributed by atoms with E-state index in [-0.39, 0.29) is 30.0 Å². The van der Waals surface area contributed by atoms with E-state index in [1.807, 2.05) is 31.2 Å². The van der Waals surface area contributed by atoms with Gasteiger partial charge in [-0.05, 0) is 48.6 Å². The Morgan fingerprint density at radius 2 is 1.88 bits per heavy atom. The number of thiazole rings is 1. The number of esters is 1. The van der Waals surface area contributed by atoms with Crippen molar-refractivity contribution < 1.29 is 19.1 Å². The minimum Gasteiger partial charge on any atom is -0.461 e. The molecule has 3 N–H and O–H groups in total. The molecule has 3 aliphatic carbocycles. The number of amides is 2. The minimum atomic E-state index is -0.780. The maximum Gasteiger partial charge on any atom is 0.357 e. The zero-order valence-electron chi connectivity index (χ0n) is 18.3. The zero-order valence-corrected chi connectivity index (χ0v) is 19.1. The first-order chi connectivity index (χ1) is 15.8. The van der Waals surface area contributed by atoms with Crippen LogP contribution in [0.25, 0.3) is 0 Å². The molecule has 3 atom stereocenters. The smallest absolute Gasteiger partial charge is 0.357 e. The van der Waals surface area contributed by atoms with Gasteiger partial charge < -0.3 is 15.8 Å². The monoisotopic (exact) mass is 461 g/mol. The minimum absolute atomic E-state index is 0.118. The maximum atomic E-state index is 13.7. The number of anilines is 1. The Labute approximate surface area is 195 Å². The van der Waals surface area contributed by atoms with Crippen LogP contribution in [0.4, 0.5) is 5.13 Å². The van der Waals surface area contributed by atoms with Gasteiger partial charge in [-0.15, -0.1) is 11.3 Å². The van der Waals surface area contributed by atoms with Gasteiger partial charge in [0.2, 0.25) is 11.8 Å². The molecule has 2 aromatic carbocycles. The largest absolute Gasteiger partial charge is 0.461 e. The zero-order chi connectivity index (χ0) is 23.3. The van der Waals surface area contributed by atoms with Gasteiger partial charge in [0.1, 0.15) is 0 Å². The predicted molar refractivity (Wildman–Crippen MR) is 125 cm³/mol. The van der Waals surface area contributed by atoms with E-state index in [0.29, 0.717) is 17.1 Å². The summed E-state index contributed by atoms with van der Waals surface area (Å²) in [7, 11) is 0. The van der Waals surface area contributed by atoms with Crippen LogP contribution in [0.3, 0.4) is 0 Å². The molecule has 8 heteroatoms. The van der Waals surface area contributed by atoms with Crippen LogP contribution in [-0.4, -0.2) is 29.4 Å². The number of fused-ring (bicyclic) bond motifs is 1. The second kappa shape index (κ2) is 7.81. The predicted octanol–water partition coefficient (Wildman–Crippen LogP) is 4.04. The van der Waals surface area contributed by atoms with Gasteiger partial charge in [-0.1, -0.05) is 36.4 Å². The van der Waals surface area contributed by atoms with E-state index in [1.165, 1.54) is 11.3 Å². The summed E-state index contributed by atoms with van der Waals surface area (Å²) in [5.74, 6) is -1.51. The highest BCUT2D eigenvalue weighted by Crippen LogP contribution is 2.61. The van der Waals surface area contributed by atoms with Crippen LogP contribution in [0.1, 0.15) is 75.2 Å². The molecule has 0 saturated carbocycles. The summed E-state index contributed by atoms with van der Waals surface area (Å²) in [6.45, 7) is 3.94. The third-order valence-electron chi connectivity index (χ3n) is 6.74. The molecule has 7 nitrogen and oxygen atoms in total. The molecule has 0 spiro atoms. The topological polar surface area (TPSA) is 111 Å². The molecule has 0 saturated heterocycles. The second-order valence-electron chi connectivity index (χ2n) is 8.62. The molecule has 1 aromatic heterocycles. The van der Waals surface area contributed by atoms with Gasteiger partial charge in [0.05, 0.1) is 12.0 Å². The average molecular weight is 462 g/mol. The molecule has 1 heterocycles. The van der Waals surface area contributed by atoms with E-state index in [1.54, 1.807) is 18.4 Å². The molecule has 0 radical (unpaired) electrons. The number of benzene rings is 2. The van der Waals surface area contributed by atoms with Crippen LogP contribution < -0.4 is 11.1 Å². The van der Waals surface area contributed by atoms with Gasteiger partial charge in [0.25, 0.3) is 0 Å². The van der Waals surface area contributed by atoms with Crippen molar-refractivity contribution in [3.63, 3.8) is 0 Å². The van der Waals surface area contributed by atoms with Gasteiger partial charge in [-0.25, -0.2) is 9.78 Å². The van der Waals surface area contributed by atoms with E-state index in [2.05, 4.69) is 22.4 Å². The van der Waals surface area contributed by atoms with Crippen molar-refractivity contribution in [2.45, 2.75) is 32.1 Å². The summed E-state index contributed by atoms with van der Waals surface area (Å²) >= 11 is 1.19. The molecule has 33 heavy (non-hydrogen) atoms. The number of carbonyl (C=O) groups excluding carboxylic acids is 3. The first-order valence-corrected chi connectivity index (χ1v) is 11.7. The molecular formula is C25H23N3O4S. The molecule has 0 aliphatic heterocycles. The molecule has 2 bridgehead atoms.